The second-order valence-corrected chi connectivity index (χ2v) is 4.36. The SMILES string of the molecule is OC[N+]1(c2cccc(Cl)c2)CCCC1. The lowest BCUT2D eigenvalue weighted by molar-refractivity contribution is 0.134. The van der Waals surface area contributed by atoms with Crippen LogP contribution in [0.5, 0.6) is 0 Å². The summed E-state index contributed by atoms with van der Waals surface area (Å²) < 4.78 is 0.681. The summed E-state index contributed by atoms with van der Waals surface area (Å²) in [6.45, 7) is 2.23. The van der Waals surface area contributed by atoms with E-state index in [1.807, 2.05) is 24.3 Å². The topological polar surface area (TPSA) is 20.2 Å². The second-order valence-electron chi connectivity index (χ2n) is 3.92. The summed E-state index contributed by atoms with van der Waals surface area (Å²) in [5.41, 5.74) is 1.14. The van der Waals surface area contributed by atoms with Crippen LogP contribution >= 0.6 is 11.6 Å². The average Bonchev–Trinajstić information content (AvgIpc) is 2.67. The molecule has 1 saturated heterocycles. The predicted molar refractivity (Wildman–Crippen MR) is 59.3 cm³/mol. The molecule has 2 nitrogen and oxygen atoms in total. The van der Waals surface area contributed by atoms with Crippen LogP contribution in [0.1, 0.15) is 12.8 Å². The molecule has 1 aromatic carbocycles. The van der Waals surface area contributed by atoms with E-state index in [4.69, 9.17) is 11.6 Å². The fraction of sp³-hybridized carbons (Fsp3) is 0.455. The first-order chi connectivity index (χ1) is 6.77. The largest absolute Gasteiger partial charge is 0.347 e. The van der Waals surface area contributed by atoms with Gasteiger partial charge in [0.25, 0.3) is 0 Å². The number of nitrogens with zero attached hydrogens (tertiary/aromatic N) is 1. The van der Waals surface area contributed by atoms with E-state index in [1.54, 1.807) is 0 Å². The predicted octanol–water partition coefficient (Wildman–Crippen LogP) is 2.39. The Hall–Kier alpha value is -0.570. The lowest BCUT2D eigenvalue weighted by Gasteiger charge is -2.31. The van der Waals surface area contributed by atoms with E-state index in [0.29, 0.717) is 4.48 Å². The van der Waals surface area contributed by atoms with Crippen LogP contribution in [-0.2, 0) is 0 Å². The van der Waals surface area contributed by atoms with Gasteiger partial charge in [-0.15, -0.1) is 0 Å². The lowest BCUT2D eigenvalue weighted by Crippen LogP contribution is -2.47. The molecule has 3 heteroatoms. The molecule has 76 valence electrons. The Bertz CT molecular complexity index is 321. The maximum absolute atomic E-state index is 9.49. The van der Waals surface area contributed by atoms with Gasteiger partial charge in [0, 0.05) is 23.9 Å². The molecule has 0 atom stereocenters. The fourth-order valence-corrected chi connectivity index (χ4v) is 2.38. The van der Waals surface area contributed by atoms with Gasteiger partial charge in [-0.25, -0.2) is 0 Å². The number of aliphatic hydroxyl groups excluding tert-OH is 1. The minimum Gasteiger partial charge on any atom is -0.347 e. The second kappa shape index (κ2) is 3.89. The number of hydrogen-bond acceptors (Lipinski definition) is 1. The van der Waals surface area contributed by atoms with Crippen molar-refractivity contribution in [1.29, 1.82) is 0 Å². The third kappa shape index (κ3) is 1.65. The van der Waals surface area contributed by atoms with Gasteiger partial charge in [0.1, 0.15) is 5.69 Å². The first-order valence-electron chi connectivity index (χ1n) is 5.00. The van der Waals surface area contributed by atoms with Gasteiger partial charge in [-0.05, 0) is 12.1 Å². The summed E-state index contributed by atoms with van der Waals surface area (Å²) in [6.07, 6.45) is 2.38. The van der Waals surface area contributed by atoms with Gasteiger partial charge in [-0.3, -0.25) is 4.48 Å². The van der Waals surface area contributed by atoms with E-state index in [-0.39, 0.29) is 6.73 Å². The van der Waals surface area contributed by atoms with Gasteiger partial charge in [-0.1, -0.05) is 17.7 Å². The molecule has 1 heterocycles. The van der Waals surface area contributed by atoms with Gasteiger partial charge in [0.05, 0.1) is 13.1 Å². The van der Waals surface area contributed by atoms with Crippen LogP contribution in [0.15, 0.2) is 24.3 Å². The molecule has 1 aliphatic heterocycles. The summed E-state index contributed by atoms with van der Waals surface area (Å²) >= 11 is 5.95. The summed E-state index contributed by atoms with van der Waals surface area (Å²) in [7, 11) is 0. The number of quaternary nitrogens is 1. The molecular formula is C11H15ClNO+. The van der Waals surface area contributed by atoms with Crippen molar-refractivity contribution in [3.8, 4) is 0 Å². The van der Waals surface area contributed by atoms with Crippen molar-refractivity contribution in [3.05, 3.63) is 29.3 Å². The Kier molecular flexibility index (Phi) is 2.77. The average molecular weight is 213 g/mol. The third-order valence-electron chi connectivity index (χ3n) is 3.05. The molecule has 0 aliphatic carbocycles. The van der Waals surface area contributed by atoms with Crippen LogP contribution in [0.2, 0.25) is 5.02 Å². The van der Waals surface area contributed by atoms with Gasteiger partial charge in [0.15, 0.2) is 6.73 Å². The van der Waals surface area contributed by atoms with E-state index in [2.05, 4.69) is 0 Å². The Morgan fingerprint density at radius 1 is 1.29 bits per heavy atom. The summed E-state index contributed by atoms with van der Waals surface area (Å²) in [6, 6.07) is 7.83. The van der Waals surface area contributed by atoms with Gasteiger partial charge >= 0.3 is 0 Å². The maximum atomic E-state index is 9.49. The minimum absolute atomic E-state index is 0.181. The van der Waals surface area contributed by atoms with E-state index < -0.39 is 0 Å². The Morgan fingerprint density at radius 2 is 2.00 bits per heavy atom. The van der Waals surface area contributed by atoms with Crippen LogP contribution < -0.4 is 4.48 Å². The smallest absolute Gasteiger partial charge is 0.185 e. The zero-order valence-corrected chi connectivity index (χ0v) is 8.87. The van der Waals surface area contributed by atoms with E-state index in [9.17, 15) is 5.11 Å². The summed E-state index contributed by atoms with van der Waals surface area (Å²) in [5, 5.41) is 10.2. The highest BCUT2D eigenvalue weighted by Crippen LogP contribution is 2.30. The number of hydrogen-bond donors (Lipinski definition) is 1. The third-order valence-corrected chi connectivity index (χ3v) is 3.28. The zero-order chi connectivity index (χ0) is 10.0. The molecule has 0 unspecified atom stereocenters. The highest BCUT2D eigenvalue weighted by molar-refractivity contribution is 6.30. The van der Waals surface area contributed by atoms with Crippen molar-refractivity contribution in [1.82, 2.24) is 4.48 Å². The van der Waals surface area contributed by atoms with Gasteiger partial charge in [-0.2, -0.15) is 0 Å². The molecule has 1 aromatic rings. The standard InChI is InChI=1S/C11H15ClNO/c12-10-4-3-5-11(8-10)13(9-14)6-1-2-7-13/h3-5,8,14H,1-2,6-7,9H2/q+1. The highest BCUT2D eigenvalue weighted by atomic mass is 35.5. The molecule has 1 fully saturated rings. The lowest BCUT2D eigenvalue weighted by atomic mass is 10.2. The number of likely N-dealkylation sites (tertiary alicyclic amines) is 1. The van der Waals surface area contributed by atoms with Crippen LogP contribution in [-0.4, -0.2) is 24.9 Å². The zero-order valence-electron chi connectivity index (χ0n) is 8.12. The van der Waals surface area contributed by atoms with Crippen LogP contribution in [0, 0.1) is 0 Å². The van der Waals surface area contributed by atoms with Crippen molar-refractivity contribution in [2.45, 2.75) is 12.8 Å². The first kappa shape index (κ1) is 9.97. The normalized spacial score (nSPS) is 19.9. The maximum Gasteiger partial charge on any atom is 0.185 e. The molecule has 2 rings (SSSR count). The summed E-state index contributed by atoms with van der Waals surface area (Å²) in [4.78, 5) is 0. The molecule has 1 aliphatic rings. The Morgan fingerprint density at radius 3 is 2.57 bits per heavy atom. The first-order valence-corrected chi connectivity index (χ1v) is 5.38. The number of rotatable bonds is 2. The van der Waals surface area contributed by atoms with Crippen LogP contribution in [0.4, 0.5) is 5.69 Å². The van der Waals surface area contributed by atoms with Gasteiger partial charge in [0.2, 0.25) is 0 Å². The van der Waals surface area contributed by atoms with E-state index >= 15 is 0 Å². The highest BCUT2D eigenvalue weighted by Gasteiger charge is 2.33. The monoisotopic (exact) mass is 212 g/mol. The molecule has 0 spiro atoms. The minimum atomic E-state index is 0.181. The van der Waals surface area contributed by atoms with Crippen molar-refractivity contribution in [3.63, 3.8) is 0 Å². The molecule has 0 saturated carbocycles. The van der Waals surface area contributed by atoms with Crippen molar-refractivity contribution in [2.75, 3.05) is 19.8 Å². The molecule has 0 radical (unpaired) electrons. The number of halogens is 1. The fourth-order valence-electron chi connectivity index (χ4n) is 2.19. The number of aliphatic hydroxyl groups is 1. The van der Waals surface area contributed by atoms with E-state index in [0.717, 1.165) is 23.8 Å². The van der Waals surface area contributed by atoms with Crippen molar-refractivity contribution >= 4 is 17.3 Å². The van der Waals surface area contributed by atoms with Crippen LogP contribution in [0.3, 0.4) is 0 Å². The summed E-state index contributed by atoms with van der Waals surface area (Å²) in [5.74, 6) is 0. The van der Waals surface area contributed by atoms with E-state index in [1.165, 1.54) is 12.8 Å². The molecule has 1 N–H and O–H groups in total. The Labute approximate surface area is 89.3 Å². The van der Waals surface area contributed by atoms with Crippen LogP contribution in [0.25, 0.3) is 0 Å². The number of benzene rings is 1. The molecular weight excluding hydrogens is 198 g/mol. The van der Waals surface area contributed by atoms with Gasteiger partial charge < -0.3 is 5.11 Å². The molecule has 0 bridgehead atoms. The quantitative estimate of drug-likeness (QED) is 0.747. The Balaban J connectivity index is 2.35. The van der Waals surface area contributed by atoms with Crippen molar-refractivity contribution in [2.24, 2.45) is 0 Å². The molecule has 0 amide bonds. The van der Waals surface area contributed by atoms with Crippen molar-refractivity contribution < 1.29 is 5.11 Å². The molecule has 14 heavy (non-hydrogen) atoms. The molecule has 0 aromatic heterocycles.